The van der Waals surface area contributed by atoms with E-state index in [-0.39, 0.29) is 17.4 Å². The minimum absolute atomic E-state index is 0.0473. The first kappa shape index (κ1) is 12.0. The summed E-state index contributed by atoms with van der Waals surface area (Å²) in [5.41, 5.74) is 2.80. The van der Waals surface area contributed by atoms with Gasteiger partial charge >= 0.3 is 0 Å². The molecule has 4 nitrogen and oxygen atoms in total. The minimum atomic E-state index is -0.654. The minimum Gasteiger partial charge on any atom is -0.504 e. The maximum Gasteiger partial charge on any atom is 0.157 e. The van der Waals surface area contributed by atoms with E-state index in [1.165, 1.54) is 6.07 Å². The predicted molar refractivity (Wildman–Crippen MR) is 71.0 cm³/mol. The Balaban J connectivity index is 2.07. The predicted octanol–water partition coefficient (Wildman–Crippen LogP) is 1.82. The maximum absolute atomic E-state index is 9.92. The number of benzene rings is 2. The molecule has 1 aliphatic heterocycles. The van der Waals surface area contributed by atoms with E-state index >= 15 is 0 Å². The molecule has 0 aromatic heterocycles. The molecule has 2 unspecified atom stereocenters. The van der Waals surface area contributed by atoms with Crippen molar-refractivity contribution in [2.45, 2.75) is 12.1 Å². The molecule has 1 heterocycles. The fourth-order valence-corrected chi connectivity index (χ4v) is 2.58. The number of fused-ring (bicyclic) bond motifs is 1. The summed E-state index contributed by atoms with van der Waals surface area (Å²) in [5.74, 6) is -0.201. The summed E-state index contributed by atoms with van der Waals surface area (Å²) in [6.07, 6.45) is -0.654. The van der Waals surface area contributed by atoms with Gasteiger partial charge in [0.2, 0.25) is 0 Å². The van der Waals surface area contributed by atoms with Crippen molar-refractivity contribution in [2.75, 3.05) is 6.54 Å². The Bertz CT molecular complexity index is 612. The summed E-state index contributed by atoms with van der Waals surface area (Å²) in [6, 6.07) is 12.5. The Hall–Kier alpha value is -2.04. The fourth-order valence-electron chi connectivity index (χ4n) is 2.58. The van der Waals surface area contributed by atoms with Crippen LogP contribution >= 0.6 is 0 Å². The van der Waals surface area contributed by atoms with Gasteiger partial charge in [-0.25, -0.2) is 0 Å². The van der Waals surface area contributed by atoms with Gasteiger partial charge in [0.05, 0.1) is 0 Å². The monoisotopic (exact) mass is 257 g/mol. The average molecular weight is 257 g/mol. The van der Waals surface area contributed by atoms with Crippen LogP contribution in [0.5, 0.6) is 11.5 Å². The van der Waals surface area contributed by atoms with E-state index in [4.69, 9.17) is 0 Å². The lowest BCUT2D eigenvalue weighted by molar-refractivity contribution is 0.129. The van der Waals surface area contributed by atoms with Crippen LogP contribution in [0.4, 0.5) is 0 Å². The Morgan fingerprint density at radius 1 is 0.947 bits per heavy atom. The summed E-state index contributed by atoms with van der Waals surface area (Å²) in [7, 11) is 0. The van der Waals surface area contributed by atoms with E-state index in [1.54, 1.807) is 12.1 Å². The molecule has 3 rings (SSSR count). The van der Waals surface area contributed by atoms with Gasteiger partial charge in [0.25, 0.3) is 0 Å². The molecule has 19 heavy (non-hydrogen) atoms. The summed E-state index contributed by atoms with van der Waals surface area (Å²) >= 11 is 0. The van der Waals surface area contributed by atoms with E-state index in [0.717, 1.165) is 16.7 Å². The Kier molecular flexibility index (Phi) is 2.89. The van der Waals surface area contributed by atoms with Crippen molar-refractivity contribution in [1.29, 1.82) is 0 Å². The van der Waals surface area contributed by atoms with Gasteiger partial charge in [-0.3, -0.25) is 5.32 Å². The van der Waals surface area contributed by atoms with Crippen LogP contribution in [-0.2, 0) is 0 Å². The molecule has 0 bridgehead atoms. The number of nitrogens with one attached hydrogen (secondary N) is 1. The normalized spacial score (nSPS) is 21.9. The third-order valence-corrected chi connectivity index (χ3v) is 3.58. The van der Waals surface area contributed by atoms with Gasteiger partial charge < -0.3 is 15.3 Å². The number of hydrogen-bond acceptors (Lipinski definition) is 4. The lowest BCUT2D eigenvalue weighted by Crippen LogP contribution is -2.33. The highest BCUT2D eigenvalue weighted by molar-refractivity contribution is 5.47. The third-order valence-electron chi connectivity index (χ3n) is 3.58. The summed E-state index contributed by atoms with van der Waals surface area (Å²) in [6.45, 7) is 0.586. The number of phenols is 2. The van der Waals surface area contributed by atoms with Crippen molar-refractivity contribution in [3.05, 3.63) is 59.2 Å². The zero-order valence-electron chi connectivity index (χ0n) is 10.2. The molecular formula is C15H15NO3. The zero-order valence-corrected chi connectivity index (χ0v) is 10.2. The Morgan fingerprint density at radius 2 is 1.68 bits per heavy atom. The van der Waals surface area contributed by atoms with Crippen LogP contribution in [0, 0.1) is 0 Å². The molecule has 2 aromatic carbocycles. The number of aliphatic hydroxyl groups is 1. The number of aliphatic hydroxyl groups excluding tert-OH is 1. The fraction of sp³-hybridized carbons (Fsp3) is 0.200. The molecule has 4 heteroatoms. The molecule has 1 aliphatic rings. The molecule has 2 atom stereocenters. The van der Waals surface area contributed by atoms with Gasteiger partial charge in [0.15, 0.2) is 11.5 Å². The molecule has 0 saturated carbocycles. The molecule has 0 fully saturated rings. The molecule has 0 radical (unpaired) electrons. The van der Waals surface area contributed by atoms with Crippen LogP contribution in [0.1, 0.15) is 28.8 Å². The summed E-state index contributed by atoms with van der Waals surface area (Å²) in [5, 5.41) is 31.9. The van der Waals surface area contributed by atoms with Crippen molar-refractivity contribution >= 4 is 0 Å². The molecule has 0 amide bonds. The maximum atomic E-state index is 9.92. The van der Waals surface area contributed by atoms with E-state index in [0.29, 0.717) is 6.54 Å². The highest BCUT2D eigenvalue weighted by Crippen LogP contribution is 2.36. The third kappa shape index (κ3) is 2.05. The average Bonchev–Trinajstić information content (AvgIpc) is 2.43. The largest absolute Gasteiger partial charge is 0.504 e. The zero-order chi connectivity index (χ0) is 13.4. The van der Waals surface area contributed by atoms with Gasteiger partial charge in [-0.05, 0) is 28.8 Å². The van der Waals surface area contributed by atoms with E-state index in [1.807, 2.05) is 24.3 Å². The SMILES string of the molecule is Oc1ccc(C2CNC(O)c3ccccc32)cc1O. The van der Waals surface area contributed by atoms with E-state index in [9.17, 15) is 15.3 Å². The first-order chi connectivity index (χ1) is 9.16. The lowest BCUT2D eigenvalue weighted by atomic mass is 9.85. The number of phenolic OH excluding ortho intramolecular Hbond substituents is 2. The van der Waals surface area contributed by atoms with Crippen LogP contribution in [-0.4, -0.2) is 21.9 Å². The standard InChI is InChI=1S/C15H15NO3/c17-13-6-5-9(7-14(13)18)12-8-16-15(19)11-4-2-1-3-10(11)12/h1-7,12,15-19H,8H2. The van der Waals surface area contributed by atoms with Gasteiger partial charge in [-0.15, -0.1) is 0 Å². The van der Waals surface area contributed by atoms with Crippen molar-refractivity contribution in [3.8, 4) is 11.5 Å². The smallest absolute Gasteiger partial charge is 0.157 e. The highest BCUT2D eigenvalue weighted by atomic mass is 16.3. The van der Waals surface area contributed by atoms with Crippen molar-refractivity contribution in [2.24, 2.45) is 0 Å². The Labute approximate surface area is 111 Å². The molecule has 98 valence electrons. The second-order valence-corrected chi connectivity index (χ2v) is 4.74. The van der Waals surface area contributed by atoms with Crippen LogP contribution in [0.15, 0.2) is 42.5 Å². The topological polar surface area (TPSA) is 72.7 Å². The molecule has 0 aliphatic carbocycles. The van der Waals surface area contributed by atoms with Crippen LogP contribution in [0.25, 0.3) is 0 Å². The summed E-state index contributed by atoms with van der Waals surface area (Å²) in [4.78, 5) is 0. The van der Waals surface area contributed by atoms with Crippen molar-refractivity contribution in [1.82, 2.24) is 5.32 Å². The van der Waals surface area contributed by atoms with Gasteiger partial charge in [-0.2, -0.15) is 0 Å². The molecule has 0 spiro atoms. The number of aromatic hydroxyl groups is 2. The van der Waals surface area contributed by atoms with E-state index in [2.05, 4.69) is 5.32 Å². The molecule has 2 aromatic rings. The van der Waals surface area contributed by atoms with Crippen molar-refractivity contribution in [3.63, 3.8) is 0 Å². The molecule has 4 N–H and O–H groups in total. The Morgan fingerprint density at radius 3 is 2.42 bits per heavy atom. The van der Waals surface area contributed by atoms with Crippen LogP contribution in [0.3, 0.4) is 0 Å². The first-order valence-electron chi connectivity index (χ1n) is 6.19. The van der Waals surface area contributed by atoms with Gasteiger partial charge in [0, 0.05) is 12.5 Å². The van der Waals surface area contributed by atoms with Gasteiger partial charge in [-0.1, -0.05) is 30.3 Å². The quantitative estimate of drug-likeness (QED) is 0.588. The second-order valence-electron chi connectivity index (χ2n) is 4.74. The molecule has 0 saturated heterocycles. The first-order valence-corrected chi connectivity index (χ1v) is 6.19. The number of rotatable bonds is 1. The van der Waals surface area contributed by atoms with E-state index < -0.39 is 6.23 Å². The lowest BCUT2D eigenvalue weighted by Gasteiger charge is -2.30. The van der Waals surface area contributed by atoms with Crippen molar-refractivity contribution < 1.29 is 15.3 Å². The summed E-state index contributed by atoms with van der Waals surface area (Å²) < 4.78 is 0. The van der Waals surface area contributed by atoms with Crippen LogP contribution < -0.4 is 5.32 Å². The van der Waals surface area contributed by atoms with Gasteiger partial charge in [0.1, 0.15) is 6.23 Å². The highest BCUT2D eigenvalue weighted by Gasteiger charge is 2.26. The van der Waals surface area contributed by atoms with Crippen LogP contribution in [0.2, 0.25) is 0 Å². The second kappa shape index (κ2) is 4.57. The molecular weight excluding hydrogens is 242 g/mol. The number of hydrogen-bond donors (Lipinski definition) is 4.